The van der Waals surface area contributed by atoms with Crippen LogP contribution in [-0.4, -0.2) is 13.5 Å². The molecule has 0 N–H and O–H groups in total. The first kappa shape index (κ1) is 20.8. The zero-order chi connectivity index (χ0) is 15.1. The highest BCUT2D eigenvalue weighted by atomic mass is 35.7. The Bertz CT molecular complexity index is 201. The number of rotatable bonds is 15. The maximum Gasteiger partial charge on any atom is 0.389 e. The molecule has 0 aromatic rings. The Balaban J connectivity index is 3.25. The van der Waals surface area contributed by atoms with Crippen LogP contribution in [0, 0.1) is 0 Å². The van der Waals surface area contributed by atoms with Crippen molar-refractivity contribution in [1.29, 1.82) is 0 Å². The molecule has 1 nitrogen and oxygen atoms in total. The summed E-state index contributed by atoms with van der Waals surface area (Å²) in [6.07, 6.45) is 15.6. The molecule has 0 fully saturated rings. The summed E-state index contributed by atoms with van der Waals surface area (Å²) in [5.74, 6) is 0. The maximum absolute atomic E-state index is 6.27. The highest BCUT2D eigenvalue weighted by Crippen LogP contribution is 2.25. The fourth-order valence-electron chi connectivity index (χ4n) is 2.26. The second-order valence-corrected chi connectivity index (χ2v) is 12.1. The van der Waals surface area contributed by atoms with Crippen LogP contribution in [0.25, 0.3) is 0 Å². The predicted molar refractivity (Wildman–Crippen MR) is 95.0 cm³/mol. The molecule has 0 aromatic heterocycles. The SMILES string of the molecule is CCCCCCCCCCCC[Si](Cl)(Cl)OCCCC. The van der Waals surface area contributed by atoms with E-state index in [0.717, 1.165) is 31.9 Å². The molecule has 0 aromatic carbocycles. The van der Waals surface area contributed by atoms with Gasteiger partial charge in [-0.2, -0.15) is 0 Å². The van der Waals surface area contributed by atoms with Crippen LogP contribution < -0.4 is 0 Å². The number of hydrogen-bond acceptors (Lipinski definition) is 1. The molecule has 0 aliphatic carbocycles. The molecule has 0 rings (SSSR count). The van der Waals surface area contributed by atoms with Gasteiger partial charge in [-0.15, -0.1) is 22.2 Å². The minimum atomic E-state index is -2.39. The average Bonchev–Trinajstić information content (AvgIpc) is 2.41. The van der Waals surface area contributed by atoms with Crippen molar-refractivity contribution in [2.45, 2.75) is 96.9 Å². The summed E-state index contributed by atoms with van der Waals surface area (Å²) in [7, 11) is 0. The van der Waals surface area contributed by atoms with Gasteiger partial charge in [0.15, 0.2) is 0 Å². The molecule has 0 bridgehead atoms. The summed E-state index contributed by atoms with van der Waals surface area (Å²) in [6, 6.07) is 0.885. The van der Waals surface area contributed by atoms with Gasteiger partial charge >= 0.3 is 6.94 Å². The summed E-state index contributed by atoms with van der Waals surface area (Å²) >= 11 is 12.5. The summed E-state index contributed by atoms with van der Waals surface area (Å²) in [6.45, 7) is 2.76. The Morgan fingerprint density at radius 3 is 1.60 bits per heavy atom. The van der Waals surface area contributed by atoms with Gasteiger partial charge in [-0.05, 0) is 12.5 Å². The van der Waals surface area contributed by atoms with Crippen LogP contribution in [0.4, 0.5) is 0 Å². The van der Waals surface area contributed by atoms with Gasteiger partial charge in [0.2, 0.25) is 0 Å². The Hall–Kier alpha value is 0.757. The third kappa shape index (κ3) is 15.2. The van der Waals surface area contributed by atoms with Crippen LogP contribution in [0.2, 0.25) is 6.04 Å². The van der Waals surface area contributed by atoms with E-state index in [0.29, 0.717) is 0 Å². The minimum Gasteiger partial charge on any atom is -0.392 e. The molecular formula is C16H34Cl2OSi. The zero-order valence-corrected chi connectivity index (χ0v) is 16.1. The lowest BCUT2D eigenvalue weighted by molar-refractivity contribution is 0.314. The van der Waals surface area contributed by atoms with Crippen molar-refractivity contribution >= 4 is 29.1 Å². The number of hydrogen-bond donors (Lipinski definition) is 0. The van der Waals surface area contributed by atoms with Crippen molar-refractivity contribution in [1.82, 2.24) is 0 Å². The highest BCUT2D eigenvalue weighted by molar-refractivity contribution is 7.42. The smallest absolute Gasteiger partial charge is 0.389 e. The van der Waals surface area contributed by atoms with E-state index in [2.05, 4.69) is 13.8 Å². The lowest BCUT2D eigenvalue weighted by Crippen LogP contribution is -2.24. The molecule has 0 amide bonds. The molecule has 0 heterocycles. The quantitative estimate of drug-likeness (QED) is 0.175. The summed E-state index contributed by atoms with van der Waals surface area (Å²) in [5.41, 5.74) is 0. The first-order valence-electron chi connectivity index (χ1n) is 8.64. The van der Waals surface area contributed by atoms with Crippen molar-refractivity contribution in [3.05, 3.63) is 0 Å². The molecule has 20 heavy (non-hydrogen) atoms. The Morgan fingerprint density at radius 1 is 0.650 bits per heavy atom. The standard InChI is InChI=1S/C16H34Cl2OSi/c1-3-5-7-8-9-10-11-12-13-14-16-20(17,18)19-15-6-4-2/h3-16H2,1-2H3. The van der Waals surface area contributed by atoms with Crippen LogP contribution in [0.5, 0.6) is 0 Å². The topological polar surface area (TPSA) is 9.23 Å². The predicted octanol–water partition coefficient (Wildman–Crippen LogP) is 7.14. The highest BCUT2D eigenvalue weighted by Gasteiger charge is 2.29. The third-order valence-corrected chi connectivity index (χ3v) is 6.98. The van der Waals surface area contributed by atoms with Crippen molar-refractivity contribution in [2.24, 2.45) is 0 Å². The van der Waals surface area contributed by atoms with E-state index < -0.39 is 6.94 Å². The Labute approximate surface area is 137 Å². The van der Waals surface area contributed by atoms with E-state index >= 15 is 0 Å². The van der Waals surface area contributed by atoms with Crippen molar-refractivity contribution < 1.29 is 4.43 Å². The fraction of sp³-hybridized carbons (Fsp3) is 1.00. The van der Waals surface area contributed by atoms with E-state index in [1.807, 2.05) is 0 Å². The van der Waals surface area contributed by atoms with E-state index in [4.69, 9.17) is 26.6 Å². The molecule has 4 heteroatoms. The van der Waals surface area contributed by atoms with Crippen molar-refractivity contribution in [2.75, 3.05) is 6.61 Å². The maximum atomic E-state index is 6.27. The monoisotopic (exact) mass is 340 g/mol. The molecule has 122 valence electrons. The second-order valence-electron chi connectivity index (χ2n) is 5.77. The van der Waals surface area contributed by atoms with Crippen LogP contribution in [-0.2, 0) is 4.43 Å². The molecule has 0 radical (unpaired) electrons. The zero-order valence-electron chi connectivity index (χ0n) is 13.6. The molecule has 0 atom stereocenters. The lowest BCUT2D eigenvalue weighted by atomic mass is 10.1. The Morgan fingerprint density at radius 2 is 1.10 bits per heavy atom. The molecule has 0 aliphatic heterocycles. The van der Waals surface area contributed by atoms with Crippen LogP contribution >= 0.6 is 22.2 Å². The van der Waals surface area contributed by atoms with E-state index in [1.165, 1.54) is 57.8 Å². The Kier molecular flexibility index (Phi) is 15.2. The van der Waals surface area contributed by atoms with Gasteiger partial charge in [-0.25, -0.2) is 0 Å². The normalized spacial score (nSPS) is 12.0. The summed E-state index contributed by atoms with van der Waals surface area (Å²) < 4.78 is 5.62. The molecule has 0 spiro atoms. The van der Waals surface area contributed by atoms with E-state index in [1.54, 1.807) is 0 Å². The van der Waals surface area contributed by atoms with Gasteiger partial charge in [0.05, 0.1) is 0 Å². The van der Waals surface area contributed by atoms with Gasteiger partial charge in [0.25, 0.3) is 0 Å². The second kappa shape index (κ2) is 14.7. The number of halogens is 2. The van der Waals surface area contributed by atoms with Crippen molar-refractivity contribution in [3.63, 3.8) is 0 Å². The van der Waals surface area contributed by atoms with Gasteiger partial charge in [-0.1, -0.05) is 84.5 Å². The first-order chi connectivity index (χ1) is 9.62. The molecule has 0 saturated carbocycles. The van der Waals surface area contributed by atoms with Gasteiger partial charge < -0.3 is 4.43 Å². The largest absolute Gasteiger partial charge is 0.392 e. The summed E-state index contributed by atoms with van der Waals surface area (Å²) in [4.78, 5) is 0. The third-order valence-electron chi connectivity index (χ3n) is 3.63. The average molecular weight is 341 g/mol. The molecule has 0 aliphatic rings. The van der Waals surface area contributed by atoms with Crippen LogP contribution in [0.3, 0.4) is 0 Å². The lowest BCUT2D eigenvalue weighted by Gasteiger charge is -2.16. The van der Waals surface area contributed by atoms with E-state index in [9.17, 15) is 0 Å². The molecule has 0 unspecified atom stereocenters. The molecular weight excluding hydrogens is 307 g/mol. The number of unbranched alkanes of at least 4 members (excludes halogenated alkanes) is 10. The fourth-order valence-corrected chi connectivity index (χ4v) is 4.77. The summed E-state index contributed by atoms with van der Waals surface area (Å²) in [5, 5.41) is 0. The van der Waals surface area contributed by atoms with Gasteiger partial charge in [0.1, 0.15) is 0 Å². The van der Waals surface area contributed by atoms with Gasteiger partial charge in [0, 0.05) is 6.61 Å². The van der Waals surface area contributed by atoms with Crippen LogP contribution in [0.15, 0.2) is 0 Å². The van der Waals surface area contributed by atoms with Crippen molar-refractivity contribution in [3.8, 4) is 0 Å². The minimum absolute atomic E-state index is 0.730. The first-order valence-corrected chi connectivity index (χ1v) is 12.8. The van der Waals surface area contributed by atoms with Gasteiger partial charge in [-0.3, -0.25) is 0 Å². The molecule has 0 saturated heterocycles. The van der Waals surface area contributed by atoms with E-state index in [-0.39, 0.29) is 0 Å². The van der Waals surface area contributed by atoms with Crippen LogP contribution in [0.1, 0.15) is 90.9 Å².